The molecule has 1 aromatic heterocycles. The van der Waals surface area contributed by atoms with Gasteiger partial charge in [-0.3, -0.25) is 4.98 Å². The van der Waals surface area contributed by atoms with Gasteiger partial charge >= 0.3 is 0 Å². The van der Waals surface area contributed by atoms with Crippen molar-refractivity contribution < 1.29 is 0 Å². The fourth-order valence-electron chi connectivity index (χ4n) is 3.29. The molecule has 0 amide bonds. The zero-order valence-corrected chi connectivity index (χ0v) is 12.1. The molecule has 1 aromatic rings. The van der Waals surface area contributed by atoms with Gasteiger partial charge < -0.3 is 5.32 Å². The van der Waals surface area contributed by atoms with E-state index in [9.17, 15) is 0 Å². The first kappa shape index (κ1) is 13.8. The van der Waals surface area contributed by atoms with Crippen molar-refractivity contribution in [3.05, 3.63) is 29.0 Å². The molecule has 0 aliphatic heterocycles. The lowest BCUT2D eigenvalue weighted by atomic mass is 9.75. The molecule has 3 atom stereocenters. The van der Waals surface area contributed by atoms with E-state index in [1.807, 2.05) is 13.2 Å². The molecule has 1 aliphatic rings. The van der Waals surface area contributed by atoms with Gasteiger partial charge in [-0.2, -0.15) is 0 Å². The molecule has 18 heavy (non-hydrogen) atoms. The average molecular weight is 267 g/mol. The highest BCUT2D eigenvalue weighted by Gasteiger charge is 2.28. The van der Waals surface area contributed by atoms with Crippen molar-refractivity contribution in [1.29, 1.82) is 0 Å². The van der Waals surface area contributed by atoms with Gasteiger partial charge in [0.25, 0.3) is 0 Å². The number of nitrogens with one attached hydrogen (secondary N) is 1. The normalized spacial score (nSPS) is 25.9. The Morgan fingerprint density at radius 3 is 3.00 bits per heavy atom. The summed E-state index contributed by atoms with van der Waals surface area (Å²) in [5.41, 5.74) is 1.20. The van der Waals surface area contributed by atoms with E-state index in [4.69, 9.17) is 11.6 Å². The van der Waals surface area contributed by atoms with Crippen molar-refractivity contribution in [3.63, 3.8) is 0 Å². The van der Waals surface area contributed by atoms with Crippen LogP contribution in [0.2, 0.25) is 5.02 Å². The van der Waals surface area contributed by atoms with Crippen LogP contribution in [0.25, 0.3) is 0 Å². The summed E-state index contributed by atoms with van der Waals surface area (Å²) in [7, 11) is 2.04. The van der Waals surface area contributed by atoms with Crippen LogP contribution in [0.4, 0.5) is 0 Å². The minimum absolute atomic E-state index is 0.370. The van der Waals surface area contributed by atoms with Gasteiger partial charge in [-0.25, -0.2) is 0 Å². The predicted octanol–water partition coefficient (Wildman–Crippen LogP) is 4.21. The van der Waals surface area contributed by atoms with E-state index < -0.39 is 0 Å². The van der Waals surface area contributed by atoms with Gasteiger partial charge in [-0.15, -0.1) is 0 Å². The predicted molar refractivity (Wildman–Crippen MR) is 76.8 cm³/mol. The van der Waals surface area contributed by atoms with Crippen LogP contribution in [0.3, 0.4) is 0 Å². The molecule has 3 unspecified atom stereocenters. The fourth-order valence-corrected chi connectivity index (χ4v) is 3.53. The summed E-state index contributed by atoms with van der Waals surface area (Å²) < 4.78 is 0. The lowest BCUT2D eigenvalue weighted by molar-refractivity contribution is 0.214. The summed E-state index contributed by atoms with van der Waals surface area (Å²) >= 11 is 6.28. The average Bonchev–Trinajstić information content (AvgIpc) is 2.42. The van der Waals surface area contributed by atoms with Crippen LogP contribution < -0.4 is 5.32 Å². The largest absolute Gasteiger partial charge is 0.313 e. The first-order valence-corrected chi connectivity index (χ1v) is 7.40. The molecule has 1 fully saturated rings. The Morgan fingerprint density at radius 2 is 2.33 bits per heavy atom. The monoisotopic (exact) mass is 266 g/mol. The van der Waals surface area contributed by atoms with Gasteiger partial charge in [0, 0.05) is 18.4 Å². The lowest BCUT2D eigenvalue weighted by Gasteiger charge is -2.34. The van der Waals surface area contributed by atoms with Crippen molar-refractivity contribution in [2.45, 2.75) is 45.1 Å². The number of halogens is 1. The number of aromatic nitrogens is 1. The van der Waals surface area contributed by atoms with Crippen LogP contribution in [0, 0.1) is 11.8 Å². The summed E-state index contributed by atoms with van der Waals surface area (Å²) in [6.45, 7) is 2.31. The third kappa shape index (κ3) is 3.04. The summed E-state index contributed by atoms with van der Waals surface area (Å²) in [5, 5.41) is 4.25. The molecular weight excluding hydrogens is 244 g/mol. The fraction of sp³-hybridized carbons (Fsp3) is 0.667. The Balaban J connectivity index is 2.15. The Hall–Kier alpha value is -0.600. The smallest absolute Gasteiger partial charge is 0.0637 e. The van der Waals surface area contributed by atoms with Crippen LogP contribution in [0.1, 0.15) is 50.6 Å². The van der Waals surface area contributed by atoms with E-state index in [-0.39, 0.29) is 0 Å². The Morgan fingerprint density at radius 1 is 1.50 bits per heavy atom. The van der Waals surface area contributed by atoms with Gasteiger partial charge in [0.15, 0.2) is 0 Å². The minimum Gasteiger partial charge on any atom is -0.313 e. The van der Waals surface area contributed by atoms with Crippen molar-refractivity contribution in [1.82, 2.24) is 10.3 Å². The van der Waals surface area contributed by atoms with Crippen molar-refractivity contribution in [2.24, 2.45) is 11.8 Å². The van der Waals surface area contributed by atoms with E-state index in [0.29, 0.717) is 12.0 Å². The molecule has 2 nitrogen and oxygen atoms in total. The van der Waals surface area contributed by atoms with E-state index in [1.54, 1.807) is 6.20 Å². The first-order chi connectivity index (χ1) is 8.76. The number of hydrogen-bond acceptors (Lipinski definition) is 2. The van der Waals surface area contributed by atoms with Crippen LogP contribution in [0.5, 0.6) is 0 Å². The Kier molecular flexibility index (Phi) is 5.02. The molecule has 3 heteroatoms. The van der Waals surface area contributed by atoms with Crippen LogP contribution in [-0.2, 0) is 0 Å². The molecule has 1 saturated carbocycles. The number of rotatable bonds is 4. The van der Waals surface area contributed by atoms with Gasteiger partial charge in [-0.1, -0.05) is 37.8 Å². The molecule has 0 saturated heterocycles. The molecule has 1 aliphatic carbocycles. The van der Waals surface area contributed by atoms with Crippen LogP contribution in [-0.4, -0.2) is 12.0 Å². The van der Waals surface area contributed by atoms with E-state index in [0.717, 1.165) is 10.9 Å². The summed E-state index contributed by atoms with van der Waals surface area (Å²) in [6, 6.07) is 2.42. The number of nitrogens with zero attached hydrogens (tertiary/aromatic N) is 1. The van der Waals surface area contributed by atoms with E-state index in [1.165, 1.54) is 37.7 Å². The van der Waals surface area contributed by atoms with Crippen molar-refractivity contribution in [2.75, 3.05) is 7.05 Å². The second kappa shape index (κ2) is 6.53. The highest BCUT2D eigenvalue weighted by molar-refractivity contribution is 6.31. The van der Waals surface area contributed by atoms with Gasteiger partial charge in [0.2, 0.25) is 0 Å². The second-order valence-electron chi connectivity index (χ2n) is 5.36. The number of hydrogen-bond donors (Lipinski definition) is 1. The van der Waals surface area contributed by atoms with Crippen molar-refractivity contribution >= 4 is 11.6 Å². The topological polar surface area (TPSA) is 24.9 Å². The molecule has 2 rings (SSSR count). The van der Waals surface area contributed by atoms with Crippen molar-refractivity contribution in [3.8, 4) is 0 Å². The van der Waals surface area contributed by atoms with E-state index >= 15 is 0 Å². The van der Waals surface area contributed by atoms with Gasteiger partial charge in [-0.05, 0) is 43.4 Å². The zero-order valence-electron chi connectivity index (χ0n) is 11.3. The Labute approximate surface area is 115 Å². The summed E-state index contributed by atoms with van der Waals surface area (Å²) in [5.74, 6) is 1.59. The highest BCUT2D eigenvalue weighted by atomic mass is 35.5. The van der Waals surface area contributed by atoms with Crippen LogP contribution in [0.15, 0.2) is 18.5 Å². The Bertz CT molecular complexity index is 381. The maximum absolute atomic E-state index is 6.28. The third-order valence-electron chi connectivity index (χ3n) is 4.32. The van der Waals surface area contributed by atoms with E-state index in [2.05, 4.69) is 23.3 Å². The summed E-state index contributed by atoms with van der Waals surface area (Å²) in [4.78, 5) is 4.08. The summed E-state index contributed by atoms with van der Waals surface area (Å²) in [6.07, 6.45) is 10.3. The molecule has 0 radical (unpaired) electrons. The first-order valence-electron chi connectivity index (χ1n) is 7.03. The second-order valence-corrected chi connectivity index (χ2v) is 5.77. The molecule has 0 bridgehead atoms. The number of pyridine rings is 1. The highest BCUT2D eigenvalue weighted by Crippen LogP contribution is 2.39. The molecular formula is C15H23ClN2. The molecule has 100 valence electrons. The molecule has 0 aromatic carbocycles. The van der Waals surface area contributed by atoms with Gasteiger partial charge in [0.05, 0.1) is 5.02 Å². The van der Waals surface area contributed by atoms with Crippen LogP contribution >= 0.6 is 11.6 Å². The molecule has 1 heterocycles. The maximum atomic E-state index is 6.28. The van der Waals surface area contributed by atoms with Gasteiger partial charge in [0.1, 0.15) is 0 Å². The lowest BCUT2D eigenvalue weighted by Crippen LogP contribution is -2.29. The quantitative estimate of drug-likeness (QED) is 0.883. The minimum atomic E-state index is 0.370. The molecule has 1 N–H and O–H groups in total. The maximum Gasteiger partial charge on any atom is 0.0637 e. The zero-order chi connectivity index (χ0) is 13.0. The SMILES string of the molecule is CCC1CCCC(C(NC)c2ccncc2Cl)C1. The third-order valence-corrected chi connectivity index (χ3v) is 4.64. The molecule has 0 spiro atoms. The standard InChI is InChI=1S/C15H23ClN2/c1-3-11-5-4-6-12(9-11)15(17-2)13-7-8-18-10-14(13)16/h7-8,10-12,15,17H,3-6,9H2,1-2H3.